The summed E-state index contributed by atoms with van der Waals surface area (Å²) in [5.41, 5.74) is 2.79. The van der Waals surface area contributed by atoms with Gasteiger partial charge >= 0.3 is 0 Å². The molecule has 1 saturated carbocycles. The molecule has 2 aliphatic heterocycles. The van der Waals surface area contributed by atoms with Crippen LogP contribution in [0.15, 0.2) is 79.1 Å². The van der Waals surface area contributed by atoms with E-state index >= 15 is 0 Å². The van der Waals surface area contributed by atoms with Crippen LogP contribution in [0, 0.1) is 16.7 Å². The lowest BCUT2D eigenvalue weighted by Crippen LogP contribution is -2.64. The number of anilines is 1. The number of aliphatic hydroxyl groups excluding tert-OH is 5. The highest BCUT2D eigenvalue weighted by Gasteiger charge is 2.52. The second kappa shape index (κ2) is 48.5. The third kappa shape index (κ3) is 29.3. The Morgan fingerprint density at radius 2 is 1.08 bits per heavy atom. The minimum Gasteiger partial charge on any atom is -0.497 e. The molecule has 3 fully saturated rings. The number of methoxy groups -OCH3 is 2. The number of nitrogens with zero attached hydrogens (tertiary/aromatic N) is 7. The van der Waals surface area contributed by atoms with Crippen LogP contribution in [0.5, 0.6) is 11.5 Å². The van der Waals surface area contributed by atoms with Gasteiger partial charge in [-0.05, 0) is 80.0 Å². The fraction of sp³-hybridized carbons (Fsp3) is 0.646. The number of hydrogen-bond donors (Lipinski definition) is 9. The number of aromatic nitrogens is 6. The number of likely N-dealkylation sites (tertiary alicyclic amines) is 1. The zero-order chi connectivity index (χ0) is 83.4. The smallest absolute Gasteiger partial charge is 0.251 e. The number of hydrogen-bond acceptors (Lipinski definition) is 27. The van der Waals surface area contributed by atoms with Gasteiger partial charge in [0, 0.05) is 118 Å². The van der Waals surface area contributed by atoms with Crippen molar-refractivity contribution in [2.45, 2.75) is 193 Å². The van der Waals surface area contributed by atoms with Gasteiger partial charge in [0.2, 0.25) is 23.6 Å². The molecule has 1 aliphatic carbocycles. The Bertz CT molecular complexity index is 3660. The van der Waals surface area contributed by atoms with Crippen molar-refractivity contribution in [2.24, 2.45) is 16.7 Å². The van der Waals surface area contributed by atoms with E-state index in [-0.39, 0.29) is 189 Å². The summed E-state index contributed by atoms with van der Waals surface area (Å²) in [6, 6.07) is 17.1. The number of carbonyl (C=O) groups excluding carboxylic acids is 7. The summed E-state index contributed by atoms with van der Waals surface area (Å²) in [4.78, 5) is 92.9. The zero-order valence-electron chi connectivity index (χ0n) is 68.0. The van der Waals surface area contributed by atoms with Crippen LogP contribution >= 0.6 is 0 Å². The maximum atomic E-state index is 13.8. The van der Waals surface area contributed by atoms with Gasteiger partial charge in [0.25, 0.3) is 5.91 Å². The van der Waals surface area contributed by atoms with E-state index in [1.807, 2.05) is 41.3 Å². The molecule has 116 heavy (non-hydrogen) atoms. The van der Waals surface area contributed by atoms with E-state index < -0.39 is 78.6 Å². The fourth-order valence-electron chi connectivity index (χ4n) is 14.4. The average molecular weight is 1630 g/mol. The lowest BCUT2D eigenvalue weighted by molar-refractivity contribution is -0.269. The van der Waals surface area contributed by atoms with Crippen LogP contribution < -0.4 is 30.7 Å². The third-order valence-electron chi connectivity index (χ3n) is 21.5. The second-order valence-corrected chi connectivity index (χ2v) is 30.2. The molecule has 0 spiro atoms. The predicted octanol–water partition coefficient (Wildman–Crippen LogP) is 4.68. The largest absolute Gasteiger partial charge is 0.497 e. The lowest BCUT2D eigenvalue weighted by Gasteiger charge is -2.42. The molecule has 3 aromatic carbocycles. The highest BCUT2D eigenvalue weighted by atomic mass is 16.7. The van der Waals surface area contributed by atoms with Gasteiger partial charge in [0.15, 0.2) is 12.1 Å². The third-order valence-corrected chi connectivity index (χ3v) is 21.5. The molecule has 2 aromatic heterocycles. The lowest BCUT2D eigenvalue weighted by atomic mass is 9.67. The van der Waals surface area contributed by atoms with Gasteiger partial charge in [-0.25, -0.2) is 4.68 Å². The first-order valence-corrected chi connectivity index (χ1v) is 40.3. The summed E-state index contributed by atoms with van der Waals surface area (Å²) in [5.74, 6) is -1.22. The van der Waals surface area contributed by atoms with Crippen molar-refractivity contribution in [3.05, 3.63) is 90.3 Å². The van der Waals surface area contributed by atoms with Crippen LogP contribution in [-0.2, 0) is 79.7 Å². The van der Waals surface area contributed by atoms with Crippen molar-refractivity contribution in [3.8, 4) is 34.0 Å². The normalized spacial score (nSPS) is 22.6. The highest BCUT2D eigenvalue weighted by molar-refractivity contribution is 6.03. The Labute approximate surface area is 677 Å². The van der Waals surface area contributed by atoms with Crippen LogP contribution in [0.1, 0.15) is 145 Å². The van der Waals surface area contributed by atoms with Crippen molar-refractivity contribution >= 4 is 46.8 Å². The quantitative estimate of drug-likeness (QED) is 0.0188. The first-order chi connectivity index (χ1) is 55.9. The Morgan fingerprint density at radius 1 is 0.552 bits per heavy atom. The Morgan fingerprint density at radius 3 is 1.66 bits per heavy atom. The van der Waals surface area contributed by atoms with E-state index in [1.165, 1.54) is 36.7 Å². The molecule has 0 bridgehead atoms. The number of carbonyl (C=O) groups is 7. The maximum absolute atomic E-state index is 13.8. The molecule has 9 N–H and O–H groups in total. The van der Waals surface area contributed by atoms with Crippen molar-refractivity contribution in [3.63, 3.8) is 0 Å². The zero-order valence-corrected chi connectivity index (χ0v) is 68.0. The molecule has 0 radical (unpaired) electrons. The van der Waals surface area contributed by atoms with Crippen LogP contribution in [0.4, 0.5) is 5.69 Å². The van der Waals surface area contributed by atoms with Gasteiger partial charge in [-0.1, -0.05) is 81.1 Å². The highest BCUT2D eigenvalue weighted by Crippen LogP contribution is 2.48. The van der Waals surface area contributed by atoms with E-state index in [0.717, 1.165) is 49.7 Å². The van der Waals surface area contributed by atoms with E-state index in [4.69, 9.17) is 52.1 Å². The average Bonchev–Trinajstić information content (AvgIpc) is 1.61. The first kappa shape index (κ1) is 93.2. The molecule has 5 amide bonds. The van der Waals surface area contributed by atoms with E-state index in [2.05, 4.69) is 62.7 Å². The fourth-order valence-corrected chi connectivity index (χ4v) is 14.4. The summed E-state index contributed by atoms with van der Waals surface area (Å²) in [6.45, 7) is 13.1. The van der Waals surface area contributed by atoms with Gasteiger partial charge in [-0.15, -0.1) is 10.2 Å². The summed E-state index contributed by atoms with van der Waals surface area (Å²) < 4.78 is 66.1. The molecular weight excluding hydrogens is 1510 g/mol. The van der Waals surface area contributed by atoms with Crippen molar-refractivity contribution in [2.75, 3.05) is 138 Å². The molecule has 34 heteroatoms. The Balaban J connectivity index is 0.715. The molecule has 4 unspecified atom stereocenters. The number of benzene rings is 3. The molecule has 12 atom stereocenters. The first-order valence-electron chi connectivity index (χ1n) is 40.3. The van der Waals surface area contributed by atoms with Crippen LogP contribution in [0.3, 0.4) is 0 Å². The number of ketones is 2. The number of amides is 5. The number of unbranched alkanes of at least 4 members (excludes halogenated alkanes) is 5. The molecule has 642 valence electrons. The van der Waals surface area contributed by atoms with Gasteiger partial charge < -0.3 is 104 Å². The number of Topliss-reactive ketones (excluding diaryl/α,β-unsaturated/α-hetero) is 2. The van der Waals surface area contributed by atoms with E-state index in [9.17, 15) is 59.1 Å². The predicted molar refractivity (Wildman–Crippen MR) is 423 cm³/mol. The summed E-state index contributed by atoms with van der Waals surface area (Å²) in [5, 5.41) is 82.4. The molecule has 5 aromatic rings. The van der Waals surface area contributed by atoms with Gasteiger partial charge in [0.1, 0.15) is 59.1 Å². The maximum Gasteiger partial charge on any atom is 0.251 e. The molecule has 8 rings (SSSR count). The summed E-state index contributed by atoms with van der Waals surface area (Å²) >= 11 is 0. The topological polar surface area (TPSA) is 435 Å². The summed E-state index contributed by atoms with van der Waals surface area (Å²) in [7, 11) is 3.14. The van der Waals surface area contributed by atoms with Gasteiger partial charge in [0.05, 0.1) is 144 Å². The number of rotatable bonds is 54. The van der Waals surface area contributed by atoms with Crippen LogP contribution in [0.25, 0.3) is 22.5 Å². The van der Waals surface area contributed by atoms with Crippen molar-refractivity contribution < 1.29 is 111 Å². The minimum atomic E-state index is -1.44. The summed E-state index contributed by atoms with van der Waals surface area (Å²) in [6.07, 6.45) is 2.68. The van der Waals surface area contributed by atoms with Crippen LogP contribution in [-0.4, -0.2) is 289 Å². The molecule has 4 heterocycles. The van der Waals surface area contributed by atoms with E-state index in [1.54, 1.807) is 43.4 Å². The monoisotopic (exact) mass is 1630 g/mol. The number of ether oxygens (including phenoxy) is 11. The Kier molecular flexibility index (Phi) is 39.0. The standard InChI is InChI=1S/C82H121N11O23/c1-8-81(4)52-91(53-82(81,5)54-94)72(100)24-14-12-10-9-11-13-20-63(97)25-26-71(99)86-62-43-59(68(98)23-17-28-108-30-32-110-34-36-112-38-40-114-69-47-61(75(101)77(103)73(69)84-55(2)95)48-92-49-66(87-89-92)57-18-15-21-64(45-57)106-6)42-60(44-62)79(105)83-27-29-109-31-33-111-35-37-113-39-41-115-80-74(85-56(3)96)78(104)76(102)70(116-80)51-93-50-67(88-90-93)58-19-16-22-65(46-58)107-7/h15-16,18-19,21-22,42-46,49-50,61,69-70,73-78,80,94,101-104H,8-14,17,20,23-41,47-48,51-54H2,1-7H3,(H,83,105)(H,84,95)(H,85,96)(H,86,99)/t61-,69?,70-,73+,74-,75+,76+,77-,78-,80?,81?,82?/m1/s1. The van der Waals surface area contributed by atoms with Gasteiger partial charge in [-0.2, -0.15) is 0 Å². The Hall–Kier alpha value is -8.33. The second-order valence-electron chi connectivity index (χ2n) is 30.2. The molecule has 2 saturated heterocycles. The van der Waals surface area contributed by atoms with E-state index in [0.29, 0.717) is 68.1 Å². The molecular formula is C82H121N11O23. The SMILES string of the molecule is CCC1(C)CN(C(=O)CCCCCCCCC(=O)CCC(=O)Nc2cc(C(=O)CCCOCCOCCOCCOC3C[C@H](Cn4cc(-c5cccc(OC)c5)nn4)[C@H](O)[C@H](O)[C@H]3NC(C)=O)cc(C(=O)NCCOCCOCCOCCOC3O[C@H](Cn4cc(-c5cccc(OC)c5)nn4)[C@H](O)[C@H](O)[C@H]3NC(C)=O)c2)CC1(C)CO. The number of aliphatic hydroxyl groups is 5. The minimum absolute atomic E-state index is 0.00600. The molecule has 34 nitrogen and oxygen atoms in total. The molecule has 3 aliphatic rings. The number of nitrogens with one attached hydrogen (secondary N) is 4. The van der Waals surface area contributed by atoms with Crippen LogP contribution in [0.2, 0.25) is 0 Å². The van der Waals surface area contributed by atoms with Crippen molar-refractivity contribution in [1.29, 1.82) is 0 Å². The van der Waals surface area contributed by atoms with Crippen molar-refractivity contribution in [1.82, 2.24) is 50.8 Å². The van der Waals surface area contributed by atoms with Gasteiger partial charge in [-0.3, -0.25) is 38.2 Å².